The van der Waals surface area contributed by atoms with Crippen LogP contribution in [0.4, 0.5) is 9.52 Å². The van der Waals surface area contributed by atoms with E-state index in [0.29, 0.717) is 10.9 Å². The molecule has 0 amide bonds. The van der Waals surface area contributed by atoms with Gasteiger partial charge in [0.2, 0.25) is 0 Å². The summed E-state index contributed by atoms with van der Waals surface area (Å²) in [5.74, 6) is -0.0769. The number of rotatable bonds is 6. The maximum Gasteiger partial charge on any atom is 0.267 e. The largest absolute Gasteiger partial charge is 0.495 e. The molecule has 26 heavy (non-hydrogen) atoms. The molecule has 2 aromatic carbocycles. The average Bonchev–Trinajstić information content (AvgIpc) is 3.01. The number of benzene rings is 2. The summed E-state index contributed by atoms with van der Waals surface area (Å²) in [5.41, 5.74) is 0.789. The normalized spacial score (nSPS) is 11.3. The third kappa shape index (κ3) is 4.40. The number of nitrogens with one attached hydrogen (secondary N) is 1. The fourth-order valence-corrected chi connectivity index (χ4v) is 5.11. The molecule has 0 aliphatic heterocycles. The van der Waals surface area contributed by atoms with Gasteiger partial charge in [0.15, 0.2) is 5.13 Å². The fourth-order valence-electron chi connectivity index (χ4n) is 2.31. The first kappa shape index (κ1) is 18.8. The molecule has 136 valence electrons. The van der Waals surface area contributed by atoms with E-state index in [2.05, 4.69) is 25.6 Å². The van der Waals surface area contributed by atoms with Gasteiger partial charge in [0.1, 0.15) is 16.5 Å². The molecule has 0 aliphatic carbocycles. The minimum absolute atomic E-state index is 0.0104. The number of nitrogens with zero attached hydrogens (tertiary/aromatic N) is 1. The van der Waals surface area contributed by atoms with E-state index in [1.54, 1.807) is 30.5 Å². The van der Waals surface area contributed by atoms with Crippen molar-refractivity contribution in [3.63, 3.8) is 0 Å². The highest BCUT2D eigenvalue weighted by Gasteiger charge is 2.21. The molecule has 0 atom stereocenters. The van der Waals surface area contributed by atoms with Gasteiger partial charge in [0.05, 0.1) is 7.11 Å². The van der Waals surface area contributed by atoms with Crippen molar-refractivity contribution in [2.75, 3.05) is 11.8 Å². The van der Waals surface area contributed by atoms with Crippen LogP contribution in [-0.4, -0.2) is 20.5 Å². The zero-order valence-electron chi connectivity index (χ0n) is 13.6. The maximum atomic E-state index is 13.3. The summed E-state index contributed by atoms with van der Waals surface area (Å²) in [6.07, 6.45) is 2.04. The molecule has 1 heterocycles. The number of anilines is 1. The van der Waals surface area contributed by atoms with Gasteiger partial charge in [-0.05, 0) is 35.9 Å². The Morgan fingerprint density at radius 2 is 2.08 bits per heavy atom. The molecule has 9 heteroatoms. The highest BCUT2D eigenvalue weighted by molar-refractivity contribution is 9.10. The van der Waals surface area contributed by atoms with Crippen LogP contribution < -0.4 is 9.46 Å². The number of halogens is 2. The number of sulfonamides is 1. The molecule has 0 unspecified atom stereocenters. The summed E-state index contributed by atoms with van der Waals surface area (Å²) in [5, 5.41) is 0.235. The lowest BCUT2D eigenvalue weighted by molar-refractivity contribution is 0.403. The molecule has 0 fully saturated rings. The number of ether oxygens (including phenoxy) is 1. The lowest BCUT2D eigenvalue weighted by Gasteiger charge is -2.10. The Bertz CT molecular complexity index is 1040. The highest BCUT2D eigenvalue weighted by atomic mass is 79.9. The van der Waals surface area contributed by atoms with Crippen molar-refractivity contribution in [1.29, 1.82) is 0 Å². The van der Waals surface area contributed by atoms with Gasteiger partial charge in [0.25, 0.3) is 10.0 Å². The van der Waals surface area contributed by atoms with Gasteiger partial charge in [0, 0.05) is 22.0 Å². The first-order chi connectivity index (χ1) is 12.4. The van der Waals surface area contributed by atoms with Crippen LogP contribution in [0.15, 0.2) is 58.0 Å². The predicted octanol–water partition coefficient (Wildman–Crippen LogP) is 4.44. The van der Waals surface area contributed by atoms with E-state index < -0.39 is 10.0 Å². The monoisotopic (exact) mass is 456 g/mol. The summed E-state index contributed by atoms with van der Waals surface area (Å²) in [4.78, 5) is 4.93. The second-order valence-corrected chi connectivity index (χ2v) is 9.02. The quantitative estimate of drug-likeness (QED) is 0.594. The first-order valence-electron chi connectivity index (χ1n) is 7.43. The van der Waals surface area contributed by atoms with Crippen LogP contribution in [0.2, 0.25) is 0 Å². The third-order valence-electron chi connectivity index (χ3n) is 3.46. The van der Waals surface area contributed by atoms with Gasteiger partial charge < -0.3 is 4.74 Å². The van der Waals surface area contributed by atoms with Crippen LogP contribution in [0, 0.1) is 5.82 Å². The van der Waals surface area contributed by atoms with Crippen molar-refractivity contribution >= 4 is 42.4 Å². The van der Waals surface area contributed by atoms with E-state index in [1.807, 2.05) is 0 Å². The second kappa shape index (κ2) is 7.73. The Balaban J connectivity index is 1.81. The molecule has 1 N–H and O–H groups in total. The summed E-state index contributed by atoms with van der Waals surface area (Å²) in [7, 11) is -2.46. The Kier molecular flexibility index (Phi) is 5.59. The number of thiazole rings is 1. The van der Waals surface area contributed by atoms with Crippen LogP contribution in [0.1, 0.15) is 10.4 Å². The van der Waals surface area contributed by atoms with Gasteiger partial charge in [-0.25, -0.2) is 17.8 Å². The van der Waals surface area contributed by atoms with Gasteiger partial charge in [-0.3, -0.25) is 4.72 Å². The molecule has 0 bridgehead atoms. The molecule has 0 radical (unpaired) electrons. The molecule has 0 aliphatic rings. The van der Waals surface area contributed by atoms with Crippen LogP contribution in [0.25, 0.3) is 0 Å². The number of aromatic nitrogens is 1. The van der Waals surface area contributed by atoms with E-state index in [9.17, 15) is 12.8 Å². The Morgan fingerprint density at radius 1 is 1.27 bits per heavy atom. The van der Waals surface area contributed by atoms with Crippen molar-refractivity contribution < 1.29 is 17.5 Å². The smallest absolute Gasteiger partial charge is 0.267 e. The van der Waals surface area contributed by atoms with Gasteiger partial charge >= 0.3 is 0 Å². The molecule has 0 saturated heterocycles. The molecule has 0 saturated carbocycles. The van der Waals surface area contributed by atoms with E-state index in [0.717, 1.165) is 10.4 Å². The van der Waals surface area contributed by atoms with E-state index >= 15 is 0 Å². The molecular weight excluding hydrogens is 443 g/mol. The Hall–Kier alpha value is -1.97. The minimum atomic E-state index is -3.86. The van der Waals surface area contributed by atoms with Crippen molar-refractivity contribution in [3.8, 4) is 5.75 Å². The number of hydrogen-bond acceptors (Lipinski definition) is 5. The van der Waals surface area contributed by atoms with E-state index in [1.165, 1.54) is 36.6 Å². The van der Waals surface area contributed by atoms with Crippen molar-refractivity contribution in [2.45, 2.75) is 11.3 Å². The zero-order valence-corrected chi connectivity index (χ0v) is 16.8. The topological polar surface area (TPSA) is 68.3 Å². The Labute approximate surface area is 163 Å². The number of methoxy groups -OCH3 is 1. The fraction of sp³-hybridized carbons (Fsp3) is 0.118. The van der Waals surface area contributed by atoms with Crippen LogP contribution >= 0.6 is 27.3 Å². The summed E-state index contributed by atoms with van der Waals surface area (Å²) >= 11 is 4.46. The minimum Gasteiger partial charge on any atom is -0.495 e. The molecule has 5 nitrogen and oxygen atoms in total. The lowest BCUT2D eigenvalue weighted by atomic mass is 10.1. The van der Waals surface area contributed by atoms with Crippen LogP contribution in [0.3, 0.4) is 0 Å². The second-order valence-electron chi connectivity index (χ2n) is 5.34. The molecule has 0 spiro atoms. The number of hydrogen-bond donors (Lipinski definition) is 1. The SMILES string of the molecule is COc1ccc(Br)cc1S(=O)(=O)Nc1ncc(Cc2cccc(F)c2)s1. The first-order valence-corrected chi connectivity index (χ1v) is 10.5. The van der Waals surface area contributed by atoms with Crippen molar-refractivity contribution in [1.82, 2.24) is 4.98 Å². The van der Waals surface area contributed by atoms with Gasteiger partial charge in [-0.15, -0.1) is 11.3 Å². The summed E-state index contributed by atoms with van der Waals surface area (Å²) in [6.45, 7) is 0. The third-order valence-corrected chi connectivity index (χ3v) is 6.35. The molecule has 3 aromatic rings. The van der Waals surface area contributed by atoms with Crippen molar-refractivity contribution in [3.05, 3.63) is 69.4 Å². The Morgan fingerprint density at radius 3 is 2.81 bits per heavy atom. The summed E-state index contributed by atoms with van der Waals surface area (Å²) in [6, 6.07) is 11.0. The lowest BCUT2D eigenvalue weighted by Crippen LogP contribution is -2.13. The van der Waals surface area contributed by atoms with Gasteiger partial charge in [-0.2, -0.15) is 0 Å². The van der Waals surface area contributed by atoms with E-state index in [4.69, 9.17) is 4.74 Å². The molecule has 1 aromatic heterocycles. The molecular formula is C17H14BrFN2O3S2. The highest BCUT2D eigenvalue weighted by Crippen LogP contribution is 2.30. The van der Waals surface area contributed by atoms with E-state index in [-0.39, 0.29) is 21.6 Å². The van der Waals surface area contributed by atoms with Gasteiger partial charge in [-0.1, -0.05) is 28.1 Å². The zero-order chi connectivity index (χ0) is 18.7. The molecule has 3 rings (SSSR count). The van der Waals surface area contributed by atoms with Crippen molar-refractivity contribution in [2.24, 2.45) is 0 Å². The standard InChI is InChI=1S/C17H14BrFN2O3S2/c1-24-15-6-5-12(18)9-16(15)26(22,23)21-17-20-10-14(25-17)8-11-3-2-4-13(19)7-11/h2-7,9-10H,8H2,1H3,(H,20,21). The van der Waals surface area contributed by atoms with Crippen LogP contribution in [-0.2, 0) is 16.4 Å². The van der Waals surface area contributed by atoms with Crippen LogP contribution in [0.5, 0.6) is 5.75 Å². The maximum absolute atomic E-state index is 13.3. The summed E-state index contributed by atoms with van der Waals surface area (Å²) < 4.78 is 46.8. The average molecular weight is 457 g/mol. The predicted molar refractivity (Wildman–Crippen MR) is 103 cm³/mol.